The zero-order valence-electron chi connectivity index (χ0n) is 16.1. The van der Waals surface area contributed by atoms with E-state index in [1.54, 1.807) is 42.5 Å². The van der Waals surface area contributed by atoms with Crippen LogP contribution < -0.4 is 15.4 Å². The van der Waals surface area contributed by atoms with Crippen molar-refractivity contribution in [1.82, 2.24) is 5.32 Å². The third-order valence-electron chi connectivity index (χ3n) is 4.66. The van der Waals surface area contributed by atoms with Crippen molar-refractivity contribution in [2.45, 2.75) is 6.17 Å². The fourth-order valence-electron chi connectivity index (χ4n) is 3.25. The molecule has 0 spiro atoms. The van der Waals surface area contributed by atoms with Crippen LogP contribution in [0.25, 0.3) is 0 Å². The van der Waals surface area contributed by atoms with Gasteiger partial charge in [0.05, 0.1) is 24.1 Å². The summed E-state index contributed by atoms with van der Waals surface area (Å²) in [6, 6.07) is 21.3. The molecule has 0 aliphatic carbocycles. The molecule has 1 heterocycles. The van der Waals surface area contributed by atoms with Crippen molar-refractivity contribution in [3.05, 3.63) is 94.5 Å². The minimum atomic E-state index is -1.14. The van der Waals surface area contributed by atoms with Gasteiger partial charge in [0.25, 0.3) is 11.8 Å². The SMILES string of the molecule is COc1ccccc1C(=O)NC1N=C(c2cccc(Cl)c2)c2ccccc2NC1=O. The highest BCUT2D eigenvalue weighted by Gasteiger charge is 2.28. The number of anilines is 1. The molecule has 0 fully saturated rings. The van der Waals surface area contributed by atoms with Gasteiger partial charge in [-0.25, -0.2) is 4.99 Å². The van der Waals surface area contributed by atoms with Crippen molar-refractivity contribution in [3.8, 4) is 5.75 Å². The molecule has 1 aliphatic heterocycles. The van der Waals surface area contributed by atoms with E-state index in [9.17, 15) is 9.59 Å². The first-order chi connectivity index (χ1) is 14.6. The molecule has 0 saturated heterocycles. The molecule has 30 heavy (non-hydrogen) atoms. The molecule has 1 aliphatic rings. The Balaban J connectivity index is 1.76. The zero-order valence-corrected chi connectivity index (χ0v) is 16.8. The van der Waals surface area contributed by atoms with Gasteiger partial charge in [0.15, 0.2) is 0 Å². The number of hydrogen-bond donors (Lipinski definition) is 2. The van der Waals surface area contributed by atoms with E-state index >= 15 is 0 Å². The molecule has 2 N–H and O–H groups in total. The topological polar surface area (TPSA) is 79.8 Å². The Hall–Kier alpha value is -3.64. The number of rotatable bonds is 4. The number of hydrogen-bond acceptors (Lipinski definition) is 4. The standard InChI is InChI=1S/C23H18ClN3O3/c1-30-19-12-5-3-10-17(19)22(28)27-21-23(29)25-18-11-4-2-9-16(18)20(26-21)14-7-6-8-15(24)13-14/h2-13,21H,1H3,(H,25,29)(H,27,28). The van der Waals surface area contributed by atoms with Crippen LogP contribution in [0.2, 0.25) is 5.02 Å². The zero-order chi connectivity index (χ0) is 21.1. The Morgan fingerprint density at radius 2 is 1.83 bits per heavy atom. The lowest BCUT2D eigenvalue weighted by Gasteiger charge is -2.15. The molecule has 1 unspecified atom stereocenters. The second-order valence-electron chi connectivity index (χ2n) is 6.60. The number of carbonyl (C=O) groups excluding carboxylic acids is 2. The number of nitrogens with zero attached hydrogens (tertiary/aromatic N) is 1. The van der Waals surface area contributed by atoms with Crippen LogP contribution in [0, 0.1) is 0 Å². The van der Waals surface area contributed by atoms with E-state index in [1.807, 2.05) is 30.3 Å². The number of benzodiazepines with no additional fused rings is 1. The highest BCUT2D eigenvalue weighted by Crippen LogP contribution is 2.25. The fraction of sp³-hybridized carbons (Fsp3) is 0.0870. The van der Waals surface area contributed by atoms with Gasteiger partial charge < -0.3 is 15.4 Å². The van der Waals surface area contributed by atoms with Crippen LogP contribution in [0.1, 0.15) is 21.5 Å². The highest BCUT2D eigenvalue weighted by molar-refractivity contribution is 6.31. The Kier molecular flexibility index (Phi) is 5.50. The van der Waals surface area contributed by atoms with Crippen LogP contribution in [0.5, 0.6) is 5.75 Å². The Bertz CT molecular complexity index is 1160. The second-order valence-corrected chi connectivity index (χ2v) is 7.04. The number of ether oxygens (including phenoxy) is 1. The number of fused-ring (bicyclic) bond motifs is 1. The normalized spacial score (nSPS) is 15.3. The number of para-hydroxylation sites is 2. The maximum Gasteiger partial charge on any atom is 0.269 e. The van der Waals surface area contributed by atoms with Crippen molar-refractivity contribution >= 4 is 34.8 Å². The van der Waals surface area contributed by atoms with E-state index in [4.69, 9.17) is 16.3 Å². The predicted octanol–water partition coefficient (Wildman–Crippen LogP) is 3.89. The molecule has 1 atom stereocenters. The van der Waals surface area contributed by atoms with Gasteiger partial charge in [0.2, 0.25) is 6.17 Å². The van der Waals surface area contributed by atoms with Gasteiger partial charge in [0, 0.05) is 16.1 Å². The first-order valence-electron chi connectivity index (χ1n) is 9.24. The molecule has 2 amide bonds. The number of benzene rings is 3. The fourth-order valence-corrected chi connectivity index (χ4v) is 3.45. The third kappa shape index (κ3) is 3.90. The van der Waals surface area contributed by atoms with Crippen molar-refractivity contribution in [3.63, 3.8) is 0 Å². The third-order valence-corrected chi connectivity index (χ3v) is 4.90. The van der Waals surface area contributed by atoms with Crippen molar-refractivity contribution in [2.24, 2.45) is 4.99 Å². The summed E-state index contributed by atoms with van der Waals surface area (Å²) in [5.41, 5.74) is 2.95. The monoisotopic (exact) mass is 419 g/mol. The van der Waals surface area contributed by atoms with E-state index in [0.29, 0.717) is 27.7 Å². The van der Waals surface area contributed by atoms with Gasteiger partial charge in [0.1, 0.15) is 5.75 Å². The molecule has 7 heteroatoms. The summed E-state index contributed by atoms with van der Waals surface area (Å²) in [5.74, 6) is -0.498. The summed E-state index contributed by atoms with van der Waals surface area (Å²) >= 11 is 6.17. The van der Waals surface area contributed by atoms with Crippen LogP contribution in [-0.2, 0) is 4.79 Å². The van der Waals surface area contributed by atoms with E-state index < -0.39 is 18.0 Å². The van der Waals surface area contributed by atoms with Gasteiger partial charge in [-0.05, 0) is 30.3 Å². The minimum Gasteiger partial charge on any atom is -0.496 e. The average Bonchev–Trinajstić information content (AvgIpc) is 2.90. The Labute approximate surface area is 178 Å². The first-order valence-corrected chi connectivity index (χ1v) is 9.62. The number of aliphatic imine (C=N–C) groups is 1. The highest BCUT2D eigenvalue weighted by atomic mass is 35.5. The molecule has 6 nitrogen and oxygen atoms in total. The molecule has 0 bridgehead atoms. The lowest BCUT2D eigenvalue weighted by atomic mass is 10.0. The van der Waals surface area contributed by atoms with Gasteiger partial charge in [-0.3, -0.25) is 9.59 Å². The lowest BCUT2D eigenvalue weighted by molar-refractivity contribution is -0.117. The van der Waals surface area contributed by atoms with E-state index in [-0.39, 0.29) is 0 Å². The second kappa shape index (κ2) is 8.39. The number of methoxy groups -OCH3 is 1. The number of carbonyl (C=O) groups is 2. The van der Waals surface area contributed by atoms with Gasteiger partial charge in [-0.1, -0.05) is 54.1 Å². The molecular weight excluding hydrogens is 402 g/mol. The van der Waals surface area contributed by atoms with Crippen LogP contribution in [0.3, 0.4) is 0 Å². The Morgan fingerprint density at radius 3 is 2.63 bits per heavy atom. The van der Waals surface area contributed by atoms with Crippen molar-refractivity contribution < 1.29 is 14.3 Å². The minimum absolute atomic E-state index is 0.314. The Morgan fingerprint density at radius 1 is 1.07 bits per heavy atom. The number of amides is 2. The molecule has 4 rings (SSSR count). The van der Waals surface area contributed by atoms with Gasteiger partial charge in [-0.2, -0.15) is 0 Å². The maximum absolute atomic E-state index is 12.9. The van der Waals surface area contributed by atoms with E-state index in [2.05, 4.69) is 15.6 Å². The summed E-state index contributed by atoms with van der Waals surface area (Å²) in [6.45, 7) is 0. The van der Waals surface area contributed by atoms with Gasteiger partial charge in [-0.15, -0.1) is 0 Å². The molecule has 0 saturated carbocycles. The van der Waals surface area contributed by atoms with Crippen molar-refractivity contribution in [1.29, 1.82) is 0 Å². The lowest BCUT2D eigenvalue weighted by Crippen LogP contribution is -2.42. The number of nitrogens with one attached hydrogen (secondary N) is 2. The quantitative estimate of drug-likeness (QED) is 0.673. The molecular formula is C23H18ClN3O3. The van der Waals surface area contributed by atoms with E-state index in [0.717, 1.165) is 11.1 Å². The molecule has 0 radical (unpaired) electrons. The van der Waals surface area contributed by atoms with Crippen LogP contribution in [-0.4, -0.2) is 30.8 Å². The average molecular weight is 420 g/mol. The van der Waals surface area contributed by atoms with Crippen molar-refractivity contribution in [2.75, 3.05) is 12.4 Å². The molecule has 3 aromatic rings. The predicted molar refractivity (Wildman–Crippen MR) is 116 cm³/mol. The molecule has 3 aromatic carbocycles. The maximum atomic E-state index is 12.9. The smallest absolute Gasteiger partial charge is 0.269 e. The largest absolute Gasteiger partial charge is 0.496 e. The first kappa shape index (κ1) is 19.7. The van der Waals surface area contributed by atoms with E-state index in [1.165, 1.54) is 7.11 Å². The summed E-state index contributed by atoms with van der Waals surface area (Å²) in [6.07, 6.45) is -1.14. The summed E-state index contributed by atoms with van der Waals surface area (Å²) < 4.78 is 5.25. The summed E-state index contributed by atoms with van der Waals surface area (Å²) in [5, 5.41) is 6.08. The van der Waals surface area contributed by atoms with Gasteiger partial charge >= 0.3 is 0 Å². The number of halogens is 1. The van der Waals surface area contributed by atoms with Crippen LogP contribution >= 0.6 is 11.6 Å². The summed E-state index contributed by atoms with van der Waals surface area (Å²) in [4.78, 5) is 30.3. The summed E-state index contributed by atoms with van der Waals surface area (Å²) in [7, 11) is 1.48. The molecule has 150 valence electrons. The molecule has 0 aromatic heterocycles. The van der Waals surface area contributed by atoms with Crippen LogP contribution in [0.15, 0.2) is 77.8 Å². The van der Waals surface area contributed by atoms with Crippen LogP contribution in [0.4, 0.5) is 5.69 Å².